The van der Waals surface area contributed by atoms with Crippen LogP contribution in [0.15, 0.2) is 24.5 Å². The fourth-order valence-corrected chi connectivity index (χ4v) is 0.530. The predicted molar refractivity (Wildman–Crippen MR) is 33.7 cm³/mol. The second-order valence-corrected chi connectivity index (χ2v) is 1.53. The molecule has 0 radical (unpaired) electrons. The Bertz CT molecular complexity index is 152. The molecule has 0 bridgehead atoms. The fourth-order valence-electron chi connectivity index (χ4n) is 0.419. The van der Waals surface area contributed by atoms with Crippen molar-refractivity contribution in [2.45, 2.75) is 0 Å². The van der Waals surface area contributed by atoms with Gasteiger partial charge in [0.15, 0.2) is 0 Å². The molecule has 8 heavy (non-hydrogen) atoms. The average molecular weight is 129 g/mol. The Hall–Kier alpha value is -0.760. The molecule has 1 heterocycles. The number of anilines is 1. The van der Waals surface area contributed by atoms with Gasteiger partial charge in [0.25, 0.3) is 0 Å². The predicted octanol–water partition coefficient (Wildman–Crippen LogP) is 1.65. The van der Waals surface area contributed by atoms with E-state index < -0.39 is 0 Å². The number of rotatable bonds is 1. The van der Waals surface area contributed by atoms with Crippen LogP contribution in [0.3, 0.4) is 0 Å². The van der Waals surface area contributed by atoms with Gasteiger partial charge in [0.2, 0.25) is 0 Å². The Kier molecular flexibility index (Phi) is 1.70. The fraction of sp³-hybridized carbons (Fsp3) is 0. The zero-order valence-corrected chi connectivity index (χ0v) is 4.89. The molecule has 2 nitrogen and oxygen atoms in total. The molecule has 3 heteroatoms. The average Bonchev–Trinajstić information content (AvgIpc) is 1.90. The van der Waals surface area contributed by atoms with Crippen LogP contribution >= 0.6 is 11.8 Å². The summed E-state index contributed by atoms with van der Waals surface area (Å²) in [6.45, 7) is 0. The first-order chi connectivity index (χ1) is 3.93. The minimum atomic E-state index is 0.814. The van der Waals surface area contributed by atoms with Gasteiger partial charge in [-0.2, -0.15) is 0 Å². The van der Waals surface area contributed by atoms with Gasteiger partial charge in [-0.3, -0.25) is 9.82 Å². The zero-order chi connectivity index (χ0) is 5.82. The highest BCUT2D eigenvalue weighted by Crippen LogP contribution is 2.01. The van der Waals surface area contributed by atoms with Gasteiger partial charge in [-0.05, 0) is 12.1 Å². The summed E-state index contributed by atoms with van der Waals surface area (Å²) in [4.78, 5) is 6.25. The van der Waals surface area contributed by atoms with Crippen molar-refractivity contribution in [3.63, 3.8) is 0 Å². The minimum Gasteiger partial charge on any atom is -0.297 e. The lowest BCUT2D eigenvalue weighted by Crippen LogP contribution is -1.78. The van der Waals surface area contributed by atoms with E-state index in [2.05, 4.69) is 9.82 Å². The van der Waals surface area contributed by atoms with E-state index in [1.54, 1.807) is 12.4 Å². The van der Waals surface area contributed by atoms with E-state index in [1.807, 2.05) is 12.1 Å². The van der Waals surface area contributed by atoms with E-state index in [-0.39, 0.29) is 0 Å². The van der Waals surface area contributed by atoms with Crippen molar-refractivity contribution >= 4 is 17.5 Å². The summed E-state index contributed by atoms with van der Waals surface area (Å²) in [5, 5.41) is 0. The molecule has 1 N–H and O–H groups in total. The summed E-state index contributed by atoms with van der Waals surface area (Å²) < 4.78 is 0. The molecular formula is C5H5ClN2. The summed E-state index contributed by atoms with van der Waals surface area (Å²) in [6, 6.07) is 3.64. The number of nitrogens with one attached hydrogen (secondary N) is 1. The molecule has 1 aromatic rings. The molecule has 0 aliphatic carbocycles. The molecule has 0 saturated heterocycles. The molecule has 0 atom stereocenters. The van der Waals surface area contributed by atoms with Gasteiger partial charge in [-0.25, -0.2) is 0 Å². The van der Waals surface area contributed by atoms with Crippen molar-refractivity contribution in [3.8, 4) is 0 Å². The van der Waals surface area contributed by atoms with Crippen LogP contribution < -0.4 is 4.84 Å². The Balaban J connectivity index is 2.83. The Morgan fingerprint density at radius 1 is 1.62 bits per heavy atom. The highest BCUT2D eigenvalue weighted by atomic mass is 35.5. The van der Waals surface area contributed by atoms with Crippen LogP contribution in [0.1, 0.15) is 0 Å². The minimum absolute atomic E-state index is 0.814. The number of hydrogen-bond donors (Lipinski definition) is 1. The van der Waals surface area contributed by atoms with Crippen molar-refractivity contribution in [2.24, 2.45) is 0 Å². The maximum atomic E-state index is 5.24. The van der Waals surface area contributed by atoms with Crippen LogP contribution in [-0.4, -0.2) is 4.98 Å². The van der Waals surface area contributed by atoms with Gasteiger partial charge in [-0.1, -0.05) is 0 Å². The third kappa shape index (κ3) is 1.10. The standard InChI is InChI=1S/C5H5ClN2/c6-8-5-2-1-3-7-4-5/h1-4,8H. The van der Waals surface area contributed by atoms with E-state index in [9.17, 15) is 0 Å². The zero-order valence-electron chi connectivity index (χ0n) is 4.13. The number of nitrogens with zero attached hydrogens (tertiary/aromatic N) is 1. The Morgan fingerprint density at radius 3 is 2.88 bits per heavy atom. The van der Waals surface area contributed by atoms with E-state index in [0.717, 1.165) is 5.69 Å². The monoisotopic (exact) mass is 128 g/mol. The first kappa shape index (κ1) is 5.38. The first-order valence-electron chi connectivity index (χ1n) is 2.20. The molecule has 42 valence electrons. The molecule has 0 aliphatic rings. The van der Waals surface area contributed by atoms with Crippen LogP contribution in [0.25, 0.3) is 0 Å². The molecule has 0 amide bonds. The van der Waals surface area contributed by atoms with Gasteiger partial charge in [0.05, 0.1) is 11.9 Å². The molecular weight excluding hydrogens is 124 g/mol. The molecule has 0 aliphatic heterocycles. The van der Waals surface area contributed by atoms with Crippen LogP contribution in [0.5, 0.6) is 0 Å². The van der Waals surface area contributed by atoms with E-state index in [0.29, 0.717) is 0 Å². The van der Waals surface area contributed by atoms with Gasteiger partial charge in [0, 0.05) is 18.0 Å². The van der Waals surface area contributed by atoms with Crippen LogP contribution in [-0.2, 0) is 0 Å². The Labute approximate surface area is 52.6 Å². The van der Waals surface area contributed by atoms with Crippen LogP contribution in [0, 0.1) is 0 Å². The van der Waals surface area contributed by atoms with Crippen molar-refractivity contribution in [2.75, 3.05) is 4.84 Å². The highest BCUT2D eigenvalue weighted by molar-refractivity contribution is 6.23. The quantitative estimate of drug-likeness (QED) is 0.582. The topological polar surface area (TPSA) is 24.9 Å². The largest absolute Gasteiger partial charge is 0.297 e. The lowest BCUT2D eigenvalue weighted by atomic mass is 10.4. The van der Waals surface area contributed by atoms with Crippen LogP contribution in [0.2, 0.25) is 0 Å². The lowest BCUT2D eigenvalue weighted by Gasteiger charge is -1.90. The van der Waals surface area contributed by atoms with Crippen molar-refractivity contribution < 1.29 is 0 Å². The van der Waals surface area contributed by atoms with Crippen molar-refractivity contribution in [1.29, 1.82) is 0 Å². The summed E-state index contributed by atoms with van der Waals surface area (Å²) in [7, 11) is 0. The van der Waals surface area contributed by atoms with Gasteiger partial charge in [0.1, 0.15) is 0 Å². The van der Waals surface area contributed by atoms with Gasteiger partial charge >= 0.3 is 0 Å². The molecule has 0 spiro atoms. The molecule has 0 fully saturated rings. The molecule has 0 unspecified atom stereocenters. The Morgan fingerprint density at radius 2 is 2.50 bits per heavy atom. The number of aromatic nitrogens is 1. The normalized spacial score (nSPS) is 8.62. The van der Waals surface area contributed by atoms with E-state index in [4.69, 9.17) is 11.8 Å². The van der Waals surface area contributed by atoms with Crippen molar-refractivity contribution in [3.05, 3.63) is 24.5 Å². The molecule has 1 aromatic heterocycles. The molecule has 0 saturated carbocycles. The first-order valence-corrected chi connectivity index (χ1v) is 2.58. The third-order valence-corrected chi connectivity index (χ3v) is 0.989. The van der Waals surface area contributed by atoms with Gasteiger partial charge in [-0.15, -0.1) is 0 Å². The summed E-state index contributed by atoms with van der Waals surface area (Å²) in [5.74, 6) is 0. The lowest BCUT2D eigenvalue weighted by molar-refractivity contribution is 1.33. The smallest absolute Gasteiger partial charge is 0.0675 e. The van der Waals surface area contributed by atoms with E-state index in [1.165, 1.54) is 0 Å². The molecule has 0 aromatic carbocycles. The number of hydrogen-bond acceptors (Lipinski definition) is 2. The van der Waals surface area contributed by atoms with Crippen molar-refractivity contribution in [1.82, 2.24) is 4.98 Å². The van der Waals surface area contributed by atoms with Gasteiger partial charge < -0.3 is 0 Å². The second kappa shape index (κ2) is 2.52. The maximum absolute atomic E-state index is 5.24. The number of halogens is 1. The molecule has 1 rings (SSSR count). The summed E-state index contributed by atoms with van der Waals surface area (Å²) in [6.07, 6.45) is 3.34. The maximum Gasteiger partial charge on any atom is 0.0675 e. The van der Waals surface area contributed by atoms with E-state index >= 15 is 0 Å². The SMILES string of the molecule is ClNc1cccnc1. The highest BCUT2D eigenvalue weighted by Gasteiger charge is 1.80. The summed E-state index contributed by atoms with van der Waals surface area (Å²) >= 11 is 5.24. The second-order valence-electron chi connectivity index (χ2n) is 1.34. The van der Waals surface area contributed by atoms with Crippen LogP contribution in [0.4, 0.5) is 5.69 Å². The number of pyridine rings is 1. The third-order valence-electron chi connectivity index (χ3n) is 0.771. The summed E-state index contributed by atoms with van der Waals surface area (Å²) in [5.41, 5.74) is 0.814.